The van der Waals surface area contributed by atoms with Crippen LogP contribution in [0.5, 0.6) is 5.75 Å². The third-order valence-corrected chi connectivity index (χ3v) is 7.62. The minimum Gasteiger partial charge on any atom is -0.566 e. The average Bonchev–Trinajstić information content (AvgIpc) is 3.24. The Morgan fingerprint density at radius 1 is 1.21 bits per heavy atom. The van der Waals surface area contributed by atoms with Crippen LogP contribution in [0.1, 0.15) is 17.4 Å². The maximum atomic E-state index is 14.7. The summed E-state index contributed by atoms with van der Waals surface area (Å²) in [6, 6.07) is 4.83. The average molecular weight is 537 g/mol. The van der Waals surface area contributed by atoms with E-state index in [1.807, 2.05) is 4.72 Å². The summed E-state index contributed by atoms with van der Waals surface area (Å²) in [4.78, 5) is 11.1. The Labute approximate surface area is 194 Å². The highest BCUT2D eigenvalue weighted by Crippen LogP contribution is 2.39. The molecule has 3 aromatic rings. The predicted octanol–water partition coefficient (Wildman–Crippen LogP) is 2.68. The van der Waals surface area contributed by atoms with Gasteiger partial charge in [0.1, 0.15) is 22.7 Å². The van der Waals surface area contributed by atoms with Gasteiger partial charge in [-0.3, -0.25) is 0 Å². The van der Waals surface area contributed by atoms with E-state index in [1.54, 1.807) is 0 Å². The molecule has 0 radical (unpaired) electrons. The fourth-order valence-electron chi connectivity index (χ4n) is 2.75. The number of ether oxygens (including phenoxy) is 1. The normalized spacial score (nSPS) is 13.0. The van der Waals surface area contributed by atoms with Gasteiger partial charge in [0.25, 0.3) is 10.0 Å². The van der Waals surface area contributed by atoms with E-state index in [2.05, 4.69) is 4.52 Å². The van der Waals surface area contributed by atoms with Gasteiger partial charge in [0.05, 0.1) is 10.3 Å². The van der Waals surface area contributed by atoms with Gasteiger partial charge < -0.3 is 15.4 Å². The van der Waals surface area contributed by atoms with E-state index in [0.717, 1.165) is 12.1 Å². The SMILES string of the molecule is N#Cc1ccc(C(NS(=O)(=O)c2cc3c(F)c(F)c(OCCN)c(F)c3s2)O[P+](=O)[O-])cc1F. The largest absolute Gasteiger partial charge is 0.566 e. The maximum absolute atomic E-state index is 14.7. The van der Waals surface area contributed by atoms with Crippen molar-refractivity contribution >= 4 is 39.7 Å². The third kappa shape index (κ3) is 5.18. The fourth-order valence-corrected chi connectivity index (χ4v) is 5.68. The number of rotatable bonds is 9. The number of benzene rings is 2. The molecule has 34 heavy (non-hydrogen) atoms. The summed E-state index contributed by atoms with van der Waals surface area (Å²) in [5.74, 6) is -6.79. The molecular weight excluding hydrogens is 525 g/mol. The van der Waals surface area contributed by atoms with E-state index in [1.165, 1.54) is 6.07 Å². The molecule has 1 heterocycles. The number of thiophene rings is 1. The summed E-state index contributed by atoms with van der Waals surface area (Å²) in [7, 11) is -8.41. The quantitative estimate of drug-likeness (QED) is 0.183. The Kier molecular flexibility index (Phi) is 7.84. The number of nitrogens with one attached hydrogen (secondary N) is 1. The number of nitrogens with two attached hydrogens (primary N) is 1. The van der Waals surface area contributed by atoms with Crippen molar-refractivity contribution in [3.63, 3.8) is 0 Å². The van der Waals surface area contributed by atoms with Crippen LogP contribution in [0.25, 0.3) is 10.1 Å². The number of nitriles is 1. The highest BCUT2D eigenvalue weighted by atomic mass is 32.2. The molecule has 0 saturated carbocycles. The summed E-state index contributed by atoms with van der Waals surface area (Å²) < 4.78 is 104. The van der Waals surface area contributed by atoms with Crippen LogP contribution in [-0.4, -0.2) is 21.6 Å². The van der Waals surface area contributed by atoms with Crippen molar-refractivity contribution in [2.45, 2.75) is 10.4 Å². The molecule has 0 saturated heterocycles. The molecule has 3 N–H and O–H groups in total. The van der Waals surface area contributed by atoms with Gasteiger partial charge >= 0.3 is 8.25 Å². The molecule has 0 aliphatic carbocycles. The lowest BCUT2D eigenvalue weighted by atomic mass is 10.1. The maximum Gasteiger partial charge on any atom is 0.490 e. The van der Waals surface area contributed by atoms with Crippen molar-refractivity contribution in [3.8, 4) is 11.8 Å². The van der Waals surface area contributed by atoms with Gasteiger partial charge in [-0.15, -0.1) is 15.9 Å². The molecule has 0 amide bonds. The summed E-state index contributed by atoms with van der Waals surface area (Å²) >= 11 is 0.200. The van der Waals surface area contributed by atoms with Crippen LogP contribution in [-0.2, 0) is 19.1 Å². The van der Waals surface area contributed by atoms with Crippen LogP contribution in [0.4, 0.5) is 17.6 Å². The van der Waals surface area contributed by atoms with Crippen LogP contribution in [0, 0.1) is 34.6 Å². The first kappa shape index (κ1) is 25.9. The lowest BCUT2D eigenvalue weighted by Gasteiger charge is -2.14. The van der Waals surface area contributed by atoms with Crippen molar-refractivity contribution in [1.82, 2.24) is 4.72 Å². The highest BCUT2D eigenvalue weighted by Gasteiger charge is 2.31. The topological polar surface area (TPSA) is 155 Å². The van der Waals surface area contributed by atoms with Gasteiger partial charge in [-0.1, -0.05) is 6.07 Å². The molecule has 180 valence electrons. The van der Waals surface area contributed by atoms with Crippen molar-refractivity contribution in [2.75, 3.05) is 13.2 Å². The molecule has 2 aromatic carbocycles. The van der Waals surface area contributed by atoms with Crippen LogP contribution < -0.4 is 20.1 Å². The Morgan fingerprint density at radius 2 is 1.91 bits per heavy atom. The van der Waals surface area contributed by atoms with E-state index < -0.39 is 73.4 Å². The van der Waals surface area contributed by atoms with Gasteiger partial charge in [0, 0.05) is 17.5 Å². The van der Waals surface area contributed by atoms with E-state index >= 15 is 0 Å². The van der Waals surface area contributed by atoms with E-state index in [0.29, 0.717) is 12.1 Å². The predicted molar refractivity (Wildman–Crippen MR) is 109 cm³/mol. The zero-order chi connectivity index (χ0) is 25.2. The summed E-state index contributed by atoms with van der Waals surface area (Å²) in [5.41, 5.74) is 4.47. The first-order chi connectivity index (χ1) is 16.0. The van der Waals surface area contributed by atoms with Crippen molar-refractivity contribution in [3.05, 3.63) is 58.7 Å². The number of halogens is 4. The van der Waals surface area contributed by atoms with Crippen molar-refractivity contribution in [2.24, 2.45) is 5.73 Å². The number of fused-ring (bicyclic) bond motifs is 1. The van der Waals surface area contributed by atoms with Crippen LogP contribution in [0.15, 0.2) is 28.5 Å². The Hall–Kier alpha value is -2.70. The van der Waals surface area contributed by atoms with Gasteiger partial charge in [0.2, 0.25) is 12.0 Å². The van der Waals surface area contributed by atoms with Gasteiger partial charge in [-0.2, -0.15) is 14.4 Å². The number of hydrogen-bond donors (Lipinski definition) is 2. The second-order valence-electron chi connectivity index (χ2n) is 6.40. The zero-order valence-electron chi connectivity index (χ0n) is 16.6. The molecule has 0 bridgehead atoms. The first-order valence-corrected chi connectivity index (χ1v) is 12.4. The summed E-state index contributed by atoms with van der Waals surface area (Å²) in [6.07, 6.45) is -1.99. The van der Waals surface area contributed by atoms with E-state index in [9.17, 15) is 35.4 Å². The first-order valence-electron chi connectivity index (χ1n) is 8.96. The lowest BCUT2D eigenvalue weighted by molar-refractivity contribution is -0.190. The molecule has 2 unspecified atom stereocenters. The van der Waals surface area contributed by atoms with Crippen LogP contribution in [0.2, 0.25) is 0 Å². The smallest absolute Gasteiger partial charge is 0.490 e. The Morgan fingerprint density at radius 3 is 2.50 bits per heavy atom. The van der Waals surface area contributed by atoms with E-state index in [4.69, 9.17) is 15.7 Å². The van der Waals surface area contributed by atoms with E-state index in [-0.39, 0.29) is 30.1 Å². The molecule has 9 nitrogen and oxygen atoms in total. The minimum atomic E-state index is -4.75. The van der Waals surface area contributed by atoms with Gasteiger partial charge in [-0.25, -0.2) is 21.6 Å². The minimum absolute atomic E-state index is 0.133. The molecule has 3 rings (SSSR count). The molecular formula is C18H12F4N3O6PS2. The van der Waals surface area contributed by atoms with Crippen molar-refractivity contribution < 1.29 is 44.7 Å². The fraction of sp³-hybridized carbons (Fsp3) is 0.167. The second kappa shape index (κ2) is 10.3. The number of nitrogens with zero attached hydrogens (tertiary/aromatic N) is 1. The molecule has 16 heteroatoms. The monoisotopic (exact) mass is 537 g/mol. The molecule has 0 aliphatic rings. The molecule has 1 aromatic heterocycles. The Balaban J connectivity index is 2.05. The molecule has 2 atom stereocenters. The van der Waals surface area contributed by atoms with Crippen LogP contribution >= 0.6 is 19.6 Å². The third-order valence-electron chi connectivity index (χ3n) is 4.24. The number of sulfonamides is 1. The molecule has 0 spiro atoms. The molecule has 0 aliphatic heterocycles. The lowest BCUT2D eigenvalue weighted by Crippen LogP contribution is -2.29. The highest BCUT2D eigenvalue weighted by molar-refractivity contribution is 7.91. The summed E-state index contributed by atoms with van der Waals surface area (Å²) in [6.45, 7) is -0.476. The zero-order valence-corrected chi connectivity index (χ0v) is 19.1. The van der Waals surface area contributed by atoms with Gasteiger partial charge in [0.15, 0.2) is 17.4 Å². The van der Waals surface area contributed by atoms with Crippen molar-refractivity contribution in [1.29, 1.82) is 5.26 Å². The Bertz CT molecular complexity index is 1430. The standard InChI is InChI=1S/C18H12F4N3O6PS2/c19-11-5-8(1-2-9(11)7-24)18(31-32(26)27)25-34(28,29)12-6-10-13(20)14(21)16(30-4-3-23)15(22)17(10)33-12/h1-2,5-6,18,25H,3-4,23H2. The molecule has 0 fully saturated rings. The summed E-state index contributed by atoms with van der Waals surface area (Å²) in [5, 5.41) is 8.09. The van der Waals surface area contributed by atoms with Gasteiger partial charge in [-0.05, 0) is 22.8 Å². The van der Waals surface area contributed by atoms with Crippen LogP contribution in [0.3, 0.4) is 0 Å². The second-order valence-corrected chi connectivity index (χ2v) is 10.0. The number of hydrogen-bond acceptors (Lipinski definition) is 9.